The number of aliphatic hydroxyl groups excluding tert-OH is 1. The summed E-state index contributed by atoms with van der Waals surface area (Å²) in [7, 11) is -3.80. The fraction of sp³-hybridized carbons (Fsp3) is 0.219. The highest BCUT2D eigenvalue weighted by Crippen LogP contribution is 2.28. The van der Waals surface area contributed by atoms with Crippen LogP contribution in [0.25, 0.3) is 0 Å². The summed E-state index contributed by atoms with van der Waals surface area (Å²) >= 11 is 6.01. The van der Waals surface area contributed by atoms with Crippen LogP contribution in [0.2, 0.25) is 5.02 Å². The smallest absolute Gasteiger partial charge is 0.338 e. The second-order valence-corrected chi connectivity index (χ2v) is 11.9. The quantitative estimate of drug-likeness (QED) is 0.183. The Kier molecular flexibility index (Phi) is 10.2. The number of ether oxygens (including phenoxy) is 2. The van der Waals surface area contributed by atoms with E-state index in [4.69, 9.17) is 21.1 Å². The van der Waals surface area contributed by atoms with Crippen LogP contribution >= 0.6 is 11.6 Å². The van der Waals surface area contributed by atoms with Gasteiger partial charge in [0.05, 0.1) is 28.1 Å². The largest absolute Gasteiger partial charge is 0.462 e. The van der Waals surface area contributed by atoms with Crippen molar-refractivity contribution in [3.05, 3.63) is 119 Å². The number of rotatable bonds is 12. The Labute approximate surface area is 245 Å². The standard InChI is InChI=1S/C32H32ClNO6S/c1-3-39-32(36)25-8-5-10-27(19-25)40-28-11-6-12-30(20-28)41(37,38)29-15-13-23(14-16-29)17-22(2)34-21-31(35)24-7-4-9-26(33)18-24/h4-16,18-20,22,31,34-35H,3,17,21H2,1-2H3/t22-,31+/m1/s1. The normalized spacial score (nSPS) is 12.9. The van der Waals surface area contributed by atoms with Crippen LogP contribution in [-0.2, 0) is 21.0 Å². The number of carbonyl (C=O) groups is 1. The highest BCUT2D eigenvalue weighted by atomic mass is 35.5. The number of nitrogens with one attached hydrogen (secondary N) is 1. The molecule has 0 fully saturated rings. The van der Waals surface area contributed by atoms with Crippen molar-refractivity contribution >= 4 is 27.4 Å². The molecule has 0 heterocycles. The molecule has 4 aromatic carbocycles. The molecule has 0 spiro atoms. The predicted molar refractivity (Wildman–Crippen MR) is 158 cm³/mol. The molecule has 0 aliphatic carbocycles. The van der Waals surface area contributed by atoms with Gasteiger partial charge in [-0.2, -0.15) is 0 Å². The van der Waals surface area contributed by atoms with E-state index in [9.17, 15) is 18.3 Å². The Morgan fingerprint density at radius 3 is 2.29 bits per heavy atom. The Bertz CT molecular complexity index is 1590. The van der Waals surface area contributed by atoms with Gasteiger partial charge in [0.1, 0.15) is 11.5 Å². The highest BCUT2D eigenvalue weighted by Gasteiger charge is 2.19. The van der Waals surface area contributed by atoms with Gasteiger partial charge in [-0.15, -0.1) is 0 Å². The zero-order chi connectivity index (χ0) is 29.4. The summed E-state index contributed by atoms with van der Waals surface area (Å²) in [4.78, 5) is 12.3. The summed E-state index contributed by atoms with van der Waals surface area (Å²) in [5.41, 5.74) is 2.04. The Morgan fingerprint density at radius 2 is 1.59 bits per heavy atom. The van der Waals surface area contributed by atoms with E-state index in [1.807, 2.05) is 13.0 Å². The zero-order valence-electron chi connectivity index (χ0n) is 22.8. The molecule has 4 aromatic rings. The van der Waals surface area contributed by atoms with Gasteiger partial charge in [-0.1, -0.05) is 48.0 Å². The third-order valence-corrected chi connectivity index (χ3v) is 8.37. The molecule has 2 N–H and O–H groups in total. The third kappa shape index (κ3) is 8.17. The van der Waals surface area contributed by atoms with Gasteiger partial charge < -0.3 is 19.9 Å². The summed E-state index contributed by atoms with van der Waals surface area (Å²) in [6.07, 6.45) is -0.0403. The number of hydrogen-bond acceptors (Lipinski definition) is 7. The van der Waals surface area contributed by atoms with Crippen molar-refractivity contribution < 1.29 is 27.8 Å². The minimum Gasteiger partial charge on any atom is -0.462 e. The third-order valence-electron chi connectivity index (χ3n) is 6.37. The zero-order valence-corrected chi connectivity index (χ0v) is 24.4. The summed E-state index contributed by atoms with van der Waals surface area (Å²) in [6.45, 7) is 4.35. The lowest BCUT2D eigenvalue weighted by Gasteiger charge is -2.18. The van der Waals surface area contributed by atoms with Crippen LogP contribution in [0.1, 0.15) is 41.4 Å². The molecule has 0 bridgehead atoms. The van der Waals surface area contributed by atoms with Gasteiger partial charge in [-0.25, -0.2) is 13.2 Å². The van der Waals surface area contributed by atoms with Gasteiger partial charge in [0.2, 0.25) is 9.84 Å². The number of carbonyl (C=O) groups excluding carboxylic acids is 1. The van der Waals surface area contributed by atoms with Gasteiger partial charge in [-0.05, 0) is 92.1 Å². The molecule has 0 saturated carbocycles. The first-order valence-electron chi connectivity index (χ1n) is 13.2. The molecule has 0 saturated heterocycles. The van der Waals surface area contributed by atoms with Gasteiger partial charge in [0.25, 0.3) is 0 Å². The Hall–Kier alpha value is -3.69. The average molecular weight is 594 g/mol. The highest BCUT2D eigenvalue weighted by molar-refractivity contribution is 7.91. The van der Waals surface area contributed by atoms with Gasteiger partial charge in [-0.3, -0.25) is 0 Å². The molecule has 7 nitrogen and oxygen atoms in total. The molecular weight excluding hydrogens is 562 g/mol. The van der Waals surface area contributed by atoms with Crippen LogP contribution in [0.4, 0.5) is 0 Å². The summed E-state index contributed by atoms with van der Waals surface area (Å²) in [5, 5.41) is 14.3. The fourth-order valence-corrected chi connectivity index (χ4v) is 5.75. The van der Waals surface area contributed by atoms with Crippen molar-refractivity contribution in [2.75, 3.05) is 13.2 Å². The monoisotopic (exact) mass is 593 g/mol. The lowest BCUT2D eigenvalue weighted by atomic mass is 10.1. The molecule has 9 heteroatoms. The number of aliphatic hydroxyl groups is 1. The molecule has 41 heavy (non-hydrogen) atoms. The van der Waals surface area contributed by atoms with Crippen molar-refractivity contribution in [1.29, 1.82) is 0 Å². The summed E-state index contributed by atoms with van der Waals surface area (Å²) in [5.74, 6) is 0.249. The average Bonchev–Trinajstić information content (AvgIpc) is 2.96. The van der Waals surface area contributed by atoms with E-state index in [1.165, 1.54) is 12.1 Å². The van der Waals surface area contributed by atoms with Crippen LogP contribution in [0.3, 0.4) is 0 Å². The summed E-state index contributed by atoms with van der Waals surface area (Å²) < 4.78 is 37.6. The van der Waals surface area contributed by atoms with Crippen LogP contribution in [0.5, 0.6) is 11.5 Å². The number of hydrogen-bond donors (Lipinski definition) is 2. The first kappa shape index (κ1) is 30.3. The maximum absolute atomic E-state index is 13.4. The number of benzene rings is 4. The number of sulfone groups is 1. The van der Waals surface area contributed by atoms with Crippen LogP contribution in [0.15, 0.2) is 107 Å². The van der Waals surface area contributed by atoms with E-state index in [0.29, 0.717) is 35.1 Å². The van der Waals surface area contributed by atoms with Crippen molar-refractivity contribution in [2.24, 2.45) is 0 Å². The first-order chi connectivity index (χ1) is 19.7. The van der Waals surface area contributed by atoms with Crippen LogP contribution in [-0.4, -0.2) is 38.7 Å². The van der Waals surface area contributed by atoms with Crippen molar-refractivity contribution in [1.82, 2.24) is 5.32 Å². The van der Waals surface area contributed by atoms with E-state index in [-0.39, 0.29) is 22.4 Å². The Balaban J connectivity index is 1.39. The molecular formula is C32H32ClNO6S. The molecule has 0 aliphatic rings. The second-order valence-electron chi connectivity index (χ2n) is 9.56. The van der Waals surface area contributed by atoms with E-state index in [2.05, 4.69) is 5.32 Å². The predicted octanol–water partition coefficient (Wildman–Crippen LogP) is 6.40. The molecule has 0 unspecified atom stereocenters. The van der Waals surface area contributed by atoms with Crippen molar-refractivity contribution in [3.8, 4) is 11.5 Å². The lowest BCUT2D eigenvalue weighted by molar-refractivity contribution is 0.0526. The molecule has 2 atom stereocenters. The van der Waals surface area contributed by atoms with Gasteiger partial charge >= 0.3 is 5.97 Å². The minimum absolute atomic E-state index is 0.0439. The first-order valence-corrected chi connectivity index (χ1v) is 15.1. The van der Waals surface area contributed by atoms with Crippen LogP contribution in [0, 0.1) is 0 Å². The van der Waals surface area contributed by atoms with Crippen molar-refractivity contribution in [3.63, 3.8) is 0 Å². The van der Waals surface area contributed by atoms with E-state index in [0.717, 1.165) is 11.1 Å². The van der Waals surface area contributed by atoms with Crippen LogP contribution < -0.4 is 10.1 Å². The van der Waals surface area contributed by atoms with Crippen molar-refractivity contribution in [2.45, 2.75) is 42.2 Å². The summed E-state index contributed by atoms with van der Waals surface area (Å²) in [6, 6.07) is 26.7. The van der Waals surface area contributed by atoms with Gasteiger partial charge in [0.15, 0.2) is 0 Å². The molecule has 0 aliphatic heterocycles. The van der Waals surface area contributed by atoms with Gasteiger partial charge in [0, 0.05) is 17.6 Å². The molecule has 4 rings (SSSR count). The fourth-order valence-electron chi connectivity index (χ4n) is 4.25. The minimum atomic E-state index is -3.80. The molecule has 0 amide bonds. The molecule has 0 radical (unpaired) electrons. The van der Waals surface area contributed by atoms with E-state index < -0.39 is 21.9 Å². The SMILES string of the molecule is CCOC(=O)c1cccc(Oc2cccc(S(=O)(=O)c3ccc(C[C@@H](C)NC[C@H](O)c4cccc(Cl)c4)cc3)c2)c1. The number of halogens is 1. The Morgan fingerprint density at radius 1 is 0.902 bits per heavy atom. The molecule has 214 valence electrons. The lowest BCUT2D eigenvalue weighted by Crippen LogP contribution is -2.32. The topological polar surface area (TPSA) is 102 Å². The maximum atomic E-state index is 13.4. The second kappa shape index (κ2) is 13.8. The molecule has 0 aromatic heterocycles. The van der Waals surface area contributed by atoms with E-state index in [1.54, 1.807) is 85.8 Å². The maximum Gasteiger partial charge on any atom is 0.338 e. The number of esters is 1. The van der Waals surface area contributed by atoms with E-state index >= 15 is 0 Å².